The highest BCUT2D eigenvalue weighted by atomic mass is 32.1. The quantitative estimate of drug-likeness (QED) is 0.921. The number of aromatic nitrogens is 2. The highest BCUT2D eigenvalue weighted by Gasteiger charge is 2.37. The highest BCUT2D eigenvalue weighted by Crippen LogP contribution is 2.34. The molecular weight excluding hydrogens is 290 g/mol. The second-order valence-corrected chi connectivity index (χ2v) is 6.47. The van der Waals surface area contributed by atoms with Gasteiger partial charge in [0.05, 0.1) is 18.8 Å². The van der Waals surface area contributed by atoms with Gasteiger partial charge in [0.15, 0.2) is 16.5 Å². The number of thiazole rings is 1. The van der Waals surface area contributed by atoms with E-state index in [1.165, 1.54) is 24.2 Å². The summed E-state index contributed by atoms with van der Waals surface area (Å²) >= 11 is 1.46. The van der Waals surface area contributed by atoms with E-state index in [0.29, 0.717) is 19.0 Å². The summed E-state index contributed by atoms with van der Waals surface area (Å²) in [5.41, 5.74) is 0.275. The first-order chi connectivity index (χ1) is 10.3. The van der Waals surface area contributed by atoms with Crippen molar-refractivity contribution in [2.24, 2.45) is 0 Å². The summed E-state index contributed by atoms with van der Waals surface area (Å²) in [6, 6.07) is 0.259. The molecule has 2 fully saturated rings. The van der Waals surface area contributed by atoms with Gasteiger partial charge in [-0.3, -0.25) is 4.40 Å². The maximum Gasteiger partial charge on any atom is 0.356 e. The van der Waals surface area contributed by atoms with Crippen molar-refractivity contribution in [2.45, 2.75) is 37.8 Å². The predicted octanol–water partition coefficient (Wildman–Crippen LogP) is 2.24. The summed E-state index contributed by atoms with van der Waals surface area (Å²) < 4.78 is 7.54. The van der Waals surface area contributed by atoms with Crippen molar-refractivity contribution in [1.29, 1.82) is 0 Å². The molecule has 2 atom stereocenters. The zero-order chi connectivity index (χ0) is 14.4. The van der Waals surface area contributed by atoms with Gasteiger partial charge in [-0.1, -0.05) is 12.8 Å². The number of morpholine rings is 1. The number of carboxylic acids is 1. The number of ether oxygens (including phenoxy) is 1. The minimum absolute atomic E-state index is 0.217. The second-order valence-electron chi connectivity index (χ2n) is 5.60. The molecule has 0 bridgehead atoms. The van der Waals surface area contributed by atoms with E-state index in [4.69, 9.17) is 4.74 Å². The molecule has 0 amide bonds. The zero-order valence-corrected chi connectivity index (χ0v) is 12.4. The van der Waals surface area contributed by atoms with Crippen LogP contribution in [0.3, 0.4) is 0 Å². The van der Waals surface area contributed by atoms with E-state index in [1.54, 1.807) is 10.6 Å². The van der Waals surface area contributed by atoms with Crippen LogP contribution < -0.4 is 4.90 Å². The van der Waals surface area contributed by atoms with Gasteiger partial charge in [-0.15, -0.1) is 11.3 Å². The van der Waals surface area contributed by atoms with Gasteiger partial charge in [0, 0.05) is 18.1 Å². The Morgan fingerprint density at radius 1 is 1.43 bits per heavy atom. The van der Waals surface area contributed by atoms with Gasteiger partial charge in [-0.25, -0.2) is 9.78 Å². The van der Waals surface area contributed by atoms with Gasteiger partial charge in [0.1, 0.15) is 0 Å². The molecule has 2 aromatic rings. The van der Waals surface area contributed by atoms with Crippen LogP contribution in [0.2, 0.25) is 0 Å². The molecule has 2 aromatic heterocycles. The van der Waals surface area contributed by atoms with Crippen molar-refractivity contribution in [3.05, 3.63) is 17.3 Å². The SMILES string of the molecule is O=C(O)c1c(N2CCOC3CCCCC32)nc2sccn12. The normalized spacial score (nSPS) is 26.0. The molecule has 2 aliphatic rings. The van der Waals surface area contributed by atoms with Gasteiger partial charge in [0.2, 0.25) is 0 Å². The van der Waals surface area contributed by atoms with Gasteiger partial charge >= 0.3 is 5.97 Å². The summed E-state index contributed by atoms with van der Waals surface area (Å²) in [5.74, 6) is -0.315. The number of nitrogens with zero attached hydrogens (tertiary/aromatic N) is 3. The lowest BCUT2D eigenvalue weighted by Gasteiger charge is -2.44. The number of imidazole rings is 1. The number of carboxylic acid groups (broad SMARTS) is 1. The maximum absolute atomic E-state index is 11.7. The summed E-state index contributed by atoms with van der Waals surface area (Å²) in [6.07, 6.45) is 6.47. The van der Waals surface area contributed by atoms with Crippen molar-refractivity contribution in [3.8, 4) is 0 Å². The number of carbonyl (C=O) groups is 1. The topological polar surface area (TPSA) is 67.1 Å². The third-order valence-electron chi connectivity index (χ3n) is 4.45. The summed E-state index contributed by atoms with van der Waals surface area (Å²) in [6.45, 7) is 1.36. The van der Waals surface area contributed by atoms with Crippen molar-refractivity contribution < 1.29 is 14.6 Å². The maximum atomic E-state index is 11.7. The Morgan fingerprint density at radius 3 is 3.14 bits per heavy atom. The van der Waals surface area contributed by atoms with Crippen LogP contribution in [0.15, 0.2) is 11.6 Å². The third kappa shape index (κ3) is 2.03. The number of anilines is 1. The molecule has 112 valence electrons. The number of hydrogen-bond donors (Lipinski definition) is 1. The third-order valence-corrected chi connectivity index (χ3v) is 5.21. The number of hydrogen-bond acceptors (Lipinski definition) is 5. The molecule has 4 rings (SSSR count). The van der Waals surface area contributed by atoms with Gasteiger partial charge < -0.3 is 14.7 Å². The van der Waals surface area contributed by atoms with Crippen molar-refractivity contribution in [3.63, 3.8) is 0 Å². The number of aromatic carboxylic acids is 1. The molecule has 1 aliphatic carbocycles. The average molecular weight is 307 g/mol. The Bertz CT molecular complexity index is 678. The molecular formula is C14H17N3O3S. The van der Waals surface area contributed by atoms with E-state index in [0.717, 1.165) is 17.8 Å². The molecule has 3 heterocycles. The van der Waals surface area contributed by atoms with Crippen LogP contribution in [0.1, 0.15) is 36.2 Å². The first-order valence-corrected chi connectivity index (χ1v) is 8.21. The van der Waals surface area contributed by atoms with E-state index in [9.17, 15) is 9.90 Å². The van der Waals surface area contributed by atoms with Crippen LogP contribution in [0.25, 0.3) is 4.96 Å². The van der Waals surface area contributed by atoms with Crippen LogP contribution in [0.5, 0.6) is 0 Å². The van der Waals surface area contributed by atoms with Crippen LogP contribution in [-0.4, -0.2) is 45.8 Å². The van der Waals surface area contributed by atoms with Crippen molar-refractivity contribution in [1.82, 2.24) is 9.38 Å². The first kappa shape index (κ1) is 13.1. The van der Waals surface area contributed by atoms with Crippen LogP contribution in [0, 0.1) is 0 Å². The van der Waals surface area contributed by atoms with E-state index in [1.807, 2.05) is 5.38 Å². The fourth-order valence-electron chi connectivity index (χ4n) is 3.53. The second kappa shape index (κ2) is 4.99. The Labute approximate surface area is 126 Å². The molecule has 1 N–H and O–H groups in total. The molecule has 7 heteroatoms. The molecule has 1 saturated heterocycles. The van der Waals surface area contributed by atoms with Gasteiger partial charge in [-0.05, 0) is 12.8 Å². The Morgan fingerprint density at radius 2 is 2.29 bits per heavy atom. The monoisotopic (exact) mass is 307 g/mol. The standard InChI is InChI=1S/C14H17N3O3S/c18-13(19)11-12(15-14-17(11)6-8-21-14)16-5-7-20-10-4-2-1-3-9(10)16/h6,8-10H,1-5,7H2,(H,18,19). The molecule has 0 radical (unpaired) electrons. The lowest BCUT2D eigenvalue weighted by Crippen LogP contribution is -2.53. The first-order valence-electron chi connectivity index (χ1n) is 7.33. The van der Waals surface area contributed by atoms with Crippen molar-refractivity contribution >= 4 is 28.1 Å². The molecule has 21 heavy (non-hydrogen) atoms. The van der Waals surface area contributed by atoms with E-state index < -0.39 is 5.97 Å². The van der Waals surface area contributed by atoms with E-state index in [2.05, 4.69) is 9.88 Å². The minimum atomic E-state index is -0.922. The lowest BCUT2D eigenvalue weighted by atomic mass is 9.90. The smallest absolute Gasteiger partial charge is 0.356 e. The van der Waals surface area contributed by atoms with Crippen LogP contribution in [0.4, 0.5) is 5.82 Å². The number of rotatable bonds is 2. The van der Waals surface area contributed by atoms with E-state index in [-0.39, 0.29) is 17.8 Å². The molecule has 0 spiro atoms. The van der Waals surface area contributed by atoms with Crippen LogP contribution >= 0.6 is 11.3 Å². The number of fused-ring (bicyclic) bond motifs is 2. The molecule has 1 saturated carbocycles. The van der Waals surface area contributed by atoms with Crippen molar-refractivity contribution in [2.75, 3.05) is 18.1 Å². The average Bonchev–Trinajstić information content (AvgIpc) is 3.06. The summed E-state index contributed by atoms with van der Waals surface area (Å²) in [7, 11) is 0. The van der Waals surface area contributed by atoms with Crippen LogP contribution in [-0.2, 0) is 4.74 Å². The molecule has 2 unspecified atom stereocenters. The zero-order valence-electron chi connectivity index (χ0n) is 11.6. The van der Waals surface area contributed by atoms with E-state index >= 15 is 0 Å². The fraction of sp³-hybridized carbons (Fsp3) is 0.571. The Hall–Kier alpha value is -1.60. The highest BCUT2D eigenvalue weighted by molar-refractivity contribution is 7.15. The Kier molecular flexibility index (Phi) is 3.11. The fourth-order valence-corrected chi connectivity index (χ4v) is 4.24. The molecule has 0 aromatic carbocycles. The molecule has 1 aliphatic heterocycles. The molecule has 6 nitrogen and oxygen atoms in total. The minimum Gasteiger partial charge on any atom is -0.476 e. The Balaban J connectivity index is 1.79. The summed E-state index contributed by atoms with van der Waals surface area (Å²) in [4.78, 5) is 19.2. The van der Waals surface area contributed by atoms with Gasteiger partial charge in [-0.2, -0.15) is 0 Å². The largest absolute Gasteiger partial charge is 0.476 e. The summed E-state index contributed by atoms with van der Waals surface area (Å²) in [5, 5.41) is 11.4. The predicted molar refractivity (Wildman–Crippen MR) is 79.4 cm³/mol. The lowest BCUT2D eigenvalue weighted by molar-refractivity contribution is -0.00906. The van der Waals surface area contributed by atoms with Gasteiger partial charge in [0.25, 0.3) is 0 Å².